The minimum absolute atomic E-state index is 0.879. The molecule has 194 valence electrons. The average molecular weight is 524 g/mol. The highest BCUT2D eigenvalue weighted by Gasteiger charge is 2.25. The van der Waals surface area contributed by atoms with Crippen LogP contribution in [0.2, 0.25) is 0 Å². The van der Waals surface area contributed by atoms with E-state index < -0.39 is 0 Å². The molecule has 4 aromatic rings. The van der Waals surface area contributed by atoms with Crippen molar-refractivity contribution < 1.29 is 14.0 Å². The van der Waals surface area contributed by atoms with Gasteiger partial charge in [-0.2, -0.15) is 4.57 Å². The molecule has 5 heteroatoms. The first-order chi connectivity index (χ1) is 18.6. The fraction of sp³-hybridized carbons (Fsp3) is 0.242. The van der Waals surface area contributed by atoms with Gasteiger partial charge < -0.3 is 14.4 Å². The smallest absolute Gasteiger partial charge is 0.205 e. The fourth-order valence-electron chi connectivity index (χ4n) is 5.04. The van der Waals surface area contributed by atoms with Crippen LogP contribution in [0.15, 0.2) is 94.5 Å². The Balaban J connectivity index is 1.47. The molecule has 1 aliphatic rings. The first kappa shape index (κ1) is 25.9. The standard InChI is InChI=1S/C33H35N2O2S/c1-6-10-23(13-16-26-19-25-20-27(36-4)17-15-24(25)22-35(26)7-2)14-18-32-34(3)33-29-12-9-8-11-28(29)30(37-5)21-31(33)38-32/h8-9,11-22H,6-7,10H2,1-5H3/q+1. The molecule has 0 saturated carbocycles. The number of benzene rings is 3. The van der Waals surface area contributed by atoms with E-state index in [1.54, 1.807) is 26.0 Å². The van der Waals surface area contributed by atoms with E-state index in [-0.39, 0.29) is 0 Å². The largest absolute Gasteiger partial charge is 0.497 e. The summed E-state index contributed by atoms with van der Waals surface area (Å²) < 4.78 is 13.4. The molecule has 4 nitrogen and oxygen atoms in total. The Labute approximate surface area is 229 Å². The molecule has 0 amide bonds. The molecule has 0 bridgehead atoms. The Morgan fingerprint density at radius 3 is 2.53 bits per heavy atom. The quantitative estimate of drug-likeness (QED) is 0.172. The normalized spacial score (nSPS) is 14.7. The van der Waals surface area contributed by atoms with Crippen LogP contribution < -0.4 is 18.9 Å². The van der Waals surface area contributed by atoms with Crippen molar-refractivity contribution in [2.24, 2.45) is 0 Å². The first-order valence-electron chi connectivity index (χ1n) is 13.2. The van der Waals surface area contributed by atoms with Crippen molar-refractivity contribution in [3.8, 4) is 11.5 Å². The predicted octanol–water partition coefficient (Wildman–Crippen LogP) is 8.14. The Bertz CT molecular complexity index is 1590. The predicted molar refractivity (Wildman–Crippen MR) is 161 cm³/mol. The number of nitrogens with zero attached hydrogens (tertiary/aromatic N) is 2. The van der Waals surface area contributed by atoms with Crippen LogP contribution in [0.4, 0.5) is 5.69 Å². The third-order valence-corrected chi connectivity index (χ3v) is 8.21. The molecule has 0 unspecified atom stereocenters. The SMILES string of the molecule is CCCC(/C=C/c1cc2cc(OC)ccc2c[n+]1CC)=C\C=C1\Sc2cc(OC)c3ccccc3c2N1C. The van der Waals surface area contributed by atoms with Crippen LogP contribution >= 0.6 is 11.8 Å². The zero-order valence-electron chi connectivity index (χ0n) is 22.8. The van der Waals surface area contributed by atoms with Crippen LogP contribution in [-0.4, -0.2) is 21.3 Å². The number of allylic oxidation sites excluding steroid dienone is 4. The van der Waals surface area contributed by atoms with Gasteiger partial charge in [-0.25, -0.2) is 0 Å². The van der Waals surface area contributed by atoms with E-state index in [0.717, 1.165) is 36.3 Å². The van der Waals surface area contributed by atoms with Crippen molar-refractivity contribution in [1.29, 1.82) is 0 Å². The summed E-state index contributed by atoms with van der Waals surface area (Å²) in [6.07, 6.45) is 13.4. The number of rotatable bonds is 8. The lowest BCUT2D eigenvalue weighted by Crippen LogP contribution is -2.35. The maximum atomic E-state index is 5.70. The highest BCUT2D eigenvalue weighted by atomic mass is 32.2. The molecule has 1 aromatic heterocycles. The summed E-state index contributed by atoms with van der Waals surface area (Å²) in [5.41, 5.74) is 3.73. The van der Waals surface area contributed by atoms with Crippen LogP contribution in [0.5, 0.6) is 11.5 Å². The molecule has 0 fully saturated rings. The van der Waals surface area contributed by atoms with Crippen LogP contribution in [0.25, 0.3) is 27.6 Å². The fourth-order valence-corrected chi connectivity index (χ4v) is 6.14. The maximum absolute atomic E-state index is 5.70. The van der Waals surface area contributed by atoms with Crippen molar-refractivity contribution in [3.63, 3.8) is 0 Å². The zero-order chi connectivity index (χ0) is 26.6. The second-order valence-corrected chi connectivity index (χ2v) is 10.5. The number of pyridine rings is 1. The van der Waals surface area contributed by atoms with E-state index in [2.05, 4.69) is 109 Å². The number of anilines is 1. The van der Waals surface area contributed by atoms with E-state index in [1.165, 1.54) is 43.0 Å². The molecule has 0 spiro atoms. The van der Waals surface area contributed by atoms with Gasteiger partial charge in [0.05, 0.1) is 24.9 Å². The number of hydrogen-bond donors (Lipinski definition) is 0. The number of hydrogen-bond acceptors (Lipinski definition) is 4. The summed E-state index contributed by atoms with van der Waals surface area (Å²) in [6.45, 7) is 5.33. The molecule has 5 rings (SSSR count). The van der Waals surface area contributed by atoms with Crippen molar-refractivity contribution in [1.82, 2.24) is 0 Å². The number of aromatic nitrogens is 1. The molecule has 1 aliphatic heterocycles. The van der Waals surface area contributed by atoms with Crippen LogP contribution in [0, 0.1) is 0 Å². The molecular formula is C33H35N2O2S+. The van der Waals surface area contributed by atoms with E-state index >= 15 is 0 Å². The second-order valence-electron chi connectivity index (χ2n) is 9.44. The Morgan fingerprint density at radius 2 is 1.79 bits per heavy atom. The summed E-state index contributed by atoms with van der Waals surface area (Å²) in [6, 6.07) is 19.1. The summed E-state index contributed by atoms with van der Waals surface area (Å²) in [5, 5.41) is 5.96. The van der Waals surface area contributed by atoms with Gasteiger partial charge >= 0.3 is 0 Å². The Morgan fingerprint density at radius 1 is 0.974 bits per heavy atom. The minimum Gasteiger partial charge on any atom is -0.497 e. The van der Waals surface area contributed by atoms with Crippen LogP contribution in [0.3, 0.4) is 0 Å². The lowest BCUT2D eigenvalue weighted by Gasteiger charge is -2.16. The number of aryl methyl sites for hydroxylation is 1. The summed E-state index contributed by atoms with van der Waals surface area (Å²) in [7, 11) is 5.61. The van der Waals surface area contributed by atoms with Crippen molar-refractivity contribution in [3.05, 3.63) is 95.3 Å². The second kappa shape index (κ2) is 11.4. The molecule has 38 heavy (non-hydrogen) atoms. The topological polar surface area (TPSA) is 25.6 Å². The summed E-state index contributed by atoms with van der Waals surface area (Å²) in [4.78, 5) is 3.53. The molecular weight excluding hydrogens is 488 g/mol. The van der Waals surface area contributed by atoms with Crippen molar-refractivity contribution >= 4 is 45.1 Å². The number of methoxy groups -OCH3 is 2. The molecule has 0 saturated heterocycles. The van der Waals surface area contributed by atoms with Crippen LogP contribution in [-0.2, 0) is 6.54 Å². The molecule has 0 N–H and O–H groups in total. The van der Waals surface area contributed by atoms with Gasteiger partial charge in [-0.15, -0.1) is 0 Å². The highest BCUT2D eigenvalue weighted by Crippen LogP contribution is 2.51. The average Bonchev–Trinajstić information content (AvgIpc) is 3.28. The van der Waals surface area contributed by atoms with E-state index in [9.17, 15) is 0 Å². The van der Waals surface area contributed by atoms with E-state index in [1.807, 2.05) is 6.07 Å². The summed E-state index contributed by atoms with van der Waals surface area (Å²) in [5.74, 6) is 1.80. The first-order valence-corrected chi connectivity index (χ1v) is 14.0. The van der Waals surface area contributed by atoms with E-state index in [0.29, 0.717) is 0 Å². The molecule has 2 heterocycles. The van der Waals surface area contributed by atoms with Gasteiger partial charge in [0.1, 0.15) is 18.0 Å². The number of ether oxygens (including phenoxy) is 2. The maximum Gasteiger partial charge on any atom is 0.205 e. The van der Waals surface area contributed by atoms with Gasteiger partial charge in [-0.3, -0.25) is 0 Å². The monoisotopic (exact) mass is 523 g/mol. The molecule has 0 aliphatic carbocycles. The van der Waals surface area contributed by atoms with E-state index in [4.69, 9.17) is 9.47 Å². The number of thioether (sulfide) groups is 1. The van der Waals surface area contributed by atoms with Crippen molar-refractivity contribution in [2.75, 3.05) is 26.2 Å². The molecule has 0 radical (unpaired) electrons. The third kappa shape index (κ3) is 5.03. The Hall–Kier alpha value is -3.70. The molecule has 0 atom stereocenters. The van der Waals surface area contributed by atoms with Gasteiger partial charge in [-0.1, -0.05) is 61.5 Å². The van der Waals surface area contributed by atoms with Crippen molar-refractivity contribution in [2.45, 2.75) is 38.1 Å². The Kier molecular flexibility index (Phi) is 7.75. The zero-order valence-corrected chi connectivity index (χ0v) is 23.6. The van der Waals surface area contributed by atoms with Gasteiger partial charge in [0.2, 0.25) is 5.69 Å². The van der Waals surface area contributed by atoms with Gasteiger partial charge in [0, 0.05) is 40.2 Å². The van der Waals surface area contributed by atoms with Gasteiger partial charge in [0.25, 0.3) is 0 Å². The van der Waals surface area contributed by atoms with Gasteiger partial charge in [0.15, 0.2) is 6.20 Å². The third-order valence-electron chi connectivity index (χ3n) is 7.06. The minimum atomic E-state index is 0.879. The highest BCUT2D eigenvalue weighted by molar-refractivity contribution is 8.03. The summed E-state index contributed by atoms with van der Waals surface area (Å²) >= 11 is 1.80. The van der Waals surface area contributed by atoms with Crippen LogP contribution in [0.1, 0.15) is 32.4 Å². The lowest BCUT2D eigenvalue weighted by atomic mass is 10.1. The van der Waals surface area contributed by atoms with Gasteiger partial charge in [-0.05, 0) is 54.6 Å². The number of fused-ring (bicyclic) bond motifs is 4. The molecule has 3 aromatic carbocycles. The lowest BCUT2D eigenvalue weighted by molar-refractivity contribution is -0.693.